The third kappa shape index (κ3) is 5.97. The number of benzene rings is 2. The highest BCUT2D eigenvalue weighted by Crippen LogP contribution is 2.27. The van der Waals surface area contributed by atoms with Crippen LogP contribution in [0.25, 0.3) is 0 Å². The van der Waals surface area contributed by atoms with Crippen molar-refractivity contribution in [3.8, 4) is 11.5 Å². The van der Waals surface area contributed by atoms with Crippen LogP contribution in [0.2, 0.25) is 0 Å². The summed E-state index contributed by atoms with van der Waals surface area (Å²) in [6.07, 6.45) is 5.61. The van der Waals surface area contributed by atoms with Gasteiger partial charge in [0.05, 0.1) is 13.3 Å². The standard InChI is InChI=1S/C24H27N7O2/c1-3-15-33-20-12-11-18(16-21(20)32-2)17-25-30-23-27-22(26-19-9-5-4-6-10-19)28-24(29-23)31-13-7-8-14-31/h3-6,9-12,16-17H,1,7-8,13-15H2,2H3,(H2,26,27,28,29,30)/b25-17-. The molecule has 9 heteroatoms. The van der Waals surface area contributed by atoms with Crippen LogP contribution in [0.5, 0.6) is 11.5 Å². The zero-order valence-corrected chi connectivity index (χ0v) is 18.6. The van der Waals surface area contributed by atoms with Gasteiger partial charge in [-0.1, -0.05) is 30.9 Å². The minimum Gasteiger partial charge on any atom is -0.493 e. The normalized spacial score (nSPS) is 13.2. The van der Waals surface area contributed by atoms with Gasteiger partial charge in [0.25, 0.3) is 0 Å². The van der Waals surface area contributed by atoms with Gasteiger partial charge in [0.15, 0.2) is 11.5 Å². The van der Waals surface area contributed by atoms with Crippen LogP contribution in [0, 0.1) is 0 Å². The van der Waals surface area contributed by atoms with Crippen LogP contribution in [0.4, 0.5) is 23.5 Å². The van der Waals surface area contributed by atoms with Crippen LogP contribution in [0.3, 0.4) is 0 Å². The Morgan fingerprint density at radius 3 is 2.58 bits per heavy atom. The Hall–Kier alpha value is -4.14. The van der Waals surface area contributed by atoms with E-state index in [1.165, 1.54) is 0 Å². The molecule has 0 amide bonds. The third-order valence-corrected chi connectivity index (χ3v) is 4.96. The molecule has 1 aliphatic rings. The fourth-order valence-electron chi connectivity index (χ4n) is 3.38. The second kappa shape index (κ2) is 10.9. The Morgan fingerprint density at radius 1 is 1.03 bits per heavy atom. The first-order valence-electron chi connectivity index (χ1n) is 10.8. The van der Waals surface area contributed by atoms with Gasteiger partial charge in [0.1, 0.15) is 6.61 Å². The molecular formula is C24H27N7O2. The van der Waals surface area contributed by atoms with Crippen LogP contribution in [-0.4, -0.2) is 48.0 Å². The molecule has 0 radical (unpaired) electrons. The lowest BCUT2D eigenvalue weighted by Gasteiger charge is -2.16. The number of nitrogens with one attached hydrogen (secondary N) is 2. The van der Waals surface area contributed by atoms with Crippen LogP contribution < -0.4 is 25.1 Å². The minimum atomic E-state index is 0.361. The van der Waals surface area contributed by atoms with E-state index < -0.39 is 0 Å². The number of anilines is 4. The number of hydrogen-bond donors (Lipinski definition) is 2. The summed E-state index contributed by atoms with van der Waals surface area (Å²) in [5.41, 5.74) is 4.66. The van der Waals surface area contributed by atoms with Gasteiger partial charge >= 0.3 is 0 Å². The summed E-state index contributed by atoms with van der Waals surface area (Å²) in [6.45, 7) is 5.92. The van der Waals surface area contributed by atoms with Crippen molar-refractivity contribution >= 4 is 29.7 Å². The maximum Gasteiger partial charge on any atom is 0.250 e. The molecule has 1 aliphatic heterocycles. The molecule has 0 spiro atoms. The number of aromatic nitrogens is 3. The maximum atomic E-state index is 5.59. The largest absolute Gasteiger partial charge is 0.493 e. The lowest BCUT2D eigenvalue weighted by Crippen LogP contribution is -2.21. The fourth-order valence-corrected chi connectivity index (χ4v) is 3.38. The summed E-state index contributed by atoms with van der Waals surface area (Å²) in [6, 6.07) is 15.4. The summed E-state index contributed by atoms with van der Waals surface area (Å²) in [5, 5.41) is 7.54. The van der Waals surface area contributed by atoms with Gasteiger partial charge in [-0.05, 0) is 48.7 Å². The van der Waals surface area contributed by atoms with E-state index in [1.807, 2.05) is 48.5 Å². The number of hydrogen-bond acceptors (Lipinski definition) is 9. The molecular weight excluding hydrogens is 418 g/mol. The molecule has 9 nitrogen and oxygen atoms in total. The molecule has 0 bridgehead atoms. The van der Waals surface area contributed by atoms with Crippen molar-refractivity contribution in [3.05, 3.63) is 66.7 Å². The van der Waals surface area contributed by atoms with Crippen molar-refractivity contribution in [2.75, 3.05) is 42.4 Å². The van der Waals surface area contributed by atoms with Crippen LogP contribution >= 0.6 is 0 Å². The van der Waals surface area contributed by atoms with E-state index in [0.717, 1.165) is 37.2 Å². The zero-order valence-electron chi connectivity index (χ0n) is 18.6. The van der Waals surface area contributed by atoms with E-state index >= 15 is 0 Å². The average Bonchev–Trinajstić information content (AvgIpc) is 3.39. The number of nitrogens with zero attached hydrogens (tertiary/aromatic N) is 5. The maximum absolute atomic E-state index is 5.59. The fraction of sp³-hybridized carbons (Fsp3) is 0.250. The lowest BCUT2D eigenvalue weighted by molar-refractivity contribution is 0.326. The zero-order chi connectivity index (χ0) is 22.9. The van der Waals surface area contributed by atoms with Crippen LogP contribution in [0.1, 0.15) is 18.4 Å². The van der Waals surface area contributed by atoms with Gasteiger partial charge in [0.2, 0.25) is 17.8 Å². The topological polar surface area (TPSA) is 96.8 Å². The van der Waals surface area contributed by atoms with Crippen molar-refractivity contribution < 1.29 is 9.47 Å². The predicted octanol–water partition coefficient (Wildman–Crippen LogP) is 4.23. The van der Waals surface area contributed by atoms with E-state index in [4.69, 9.17) is 9.47 Å². The van der Waals surface area contributed by atoms with E-state index in [0.29, 0.717) is 36.0 Å². The smallest absolute Gasteiger partial charge is 0.250 e. The molecule has 0 unspecified atom stereocenters. The molecule has 1 fully saturated rings. The quantitative estimate of drug-likeness (QED) is 0.272. The summed E-state index contributed by atoms with van der Waals surface area (Å²) < 4.78 is 11.0. The number of hydrazone groups is 1. The van der Waals surface area contributed by atoms with Crippen molar-refractivity contribution in [2.45, 2.75) is 12.8 Å². The number of rotatable bonds is 10. The molecule has 0 aliphatic carbocycles. The first kappa shape index (κ1) is 22.1. The Morgan fingerprint density at radius 2 is 1.82 bits per heavy atom. The Balaban J connectivity index is 1.51. The Kier molecular flexibility index (Phi) is 7.32. The van der Waals surface area contributed by atoms with Gasteiger partial charge < -0.3 is 19.7 Å². The second-order valence-electron chi connectivity index (χ2n) is 7.35. The Labute approximate surface area is 193 Å². The second-order valence-corrected chi connectivity index (χ2v) is 7.35. The lowest BCUT2D eigenvalue weighted by atomic mass is 10.2. The van der Waals surface area contributed by atoms with E-state index in [-0.39, 0.29) is 0 Å². The summed E-state index contributed by atoms with van der Waals surface area (Å²) in [4.78, 5) is 15.8. The van der Waals surface area contributed by atoms with Gasteiger partial charge in [-0.25, -0.2) is 5.43 Å². The van der Waals surface area contributed by atoms with Gasteiger partial charge in [-0.15, -0.1) is 0 Å². The highest BCUT2D eigenvalue weighted by Gasteiger charge is 2.17. The van der Waals surface area contributed by atoms with E-state index in [1.54, 1.807) is 19.4 Å². The van der Waals surface area contributed by atoms with E-state index in [9.17, 15) is 0 Å². The minimum absolute atomic E-state index is 0.361. The van der Waals surface area contributed by atoms with Crippen molar-refractivity contribution in [3.63, 3.8) is 0 Å². The SMILES string of the molecule is C=CCOc1ccc(/C=N\Nc2nc(Nc3ccccc3)nc(N3CCCC3)n2)cc1OC. The molecule has 2 N–H and O–H groups in total. The van der Waals surface area contributed by atoms with Crippen LogP contribution in [-0.2, 0) is 0 Å². The molecule has 2 aromatic carbocycles. The first-order chi connectivity index (χ1) is 16.2. The molecule has 170 valence electrons. The highest BCUT2D eigenvalue weighted by molar-refractivity contribution is 5.81. The molecule has 1 saturated heterocycles. The summed E-state index contributed by atoms with van der Waals surface area (Å²) >= 11 is 0. The predicted molar refractivity (Wildman–Crippen MR) is 131 cm³/mol. The summed E-state index contributed by atoms with van der Waals surface area (Å²) in [5.74, 6) is 2.71. The average molecular weight is 446 g/mol. The monoisotopic (exact) mass is 445 g/mol. The highest BCUT2D eigenvalue weighted by atomic mass is 16.5. The van der Waals surface area contributed by atoms with Gasteiger partial charge in [0, 0.05) is 18.8 Å². The van der Waals surface area contributed by atoms with Crippen LogP contribution in [0.15, 0.2) is 66.3 Å². The number of methoxy groups -OCH3 is 1. The van der Waals surface area contributed by atoms with Crippen molar-refractivity contribution in [2.24, 2.45) is 5.10 Å². The third-order valence-electron chi connectivity index (χ3n) is 4.96. The van der Waals surface area contributed by atoms with Crippen molar-refractivity contribution in [1.29, 1.82) is 0 Å². The number of para-hydroxylation sites is 1. The Bertz CT molecular complexity index is 1100. The molecule has 0 atom stereocenters. The number of ether oxygens (including phenoxy) is 2. The van der Waals surface area contributed by atoms with Gasteiger partial charge in [-0.2, -0.15) is 20.1 Å². The first-order valence-corrected chi connectivity index (χ1v) is 10.8. The molecule has 4 rings (SSSR count). The van der Waals surface area contributed by atoms with E-state index in [2.05, 4.69) is 42.3 Å². The van der Waals surface area contributed by atoms with Gasteiger partial charge in [-0.3, -0.25) is 0 Å². The molecule has 1 aromatic heterocycles. The molecule has 33 heavy (non-hydrogen) atoms. The summed E-state index contributed by atoms with van der Waals surface area (Å²) in [7, 11) is 1.60. The molecule has 2 heterocycles. The molecule has 3 aromatic rings. The molecule has 0 saturated carbocycles. The van der Waals surface area contributed by atoms with Crippen molar-refractivity contribution in [1.82, 2.24) is 15.0 Å².